The van der Waals surface area contributed by atoms with E-state index in [1.165, 1.54) is 55.3 Å². The van der Waals surface area contributed by atoms with Gasteiger partial charge < -0.3 is 0 Å². The second-order valence-corrected chi connectivity index (χ2v) is 9.43. The maximum Gasteiger partial charge on any atom is -0.0105 e. The third-order valence-electron chi connectivity index (χ3n) is 6.94. The Hall–Kier alpha value is -4.94. The summed E-state index contributed by atoms with van der Waals surface area (Å²) >= 11 is 0. The topological polar surface area (TPSA) is 0 Å². The van der Waals surface area contributed by atoms with Crippen LogP contribution >= 0.6 is 0 Å². The summed E-state index contributed by atoms with van der Waals surface area (Å²) in [5, 5.41) is 2.51. The maximum absolute atomic E-state index is 2.22. The van der Waals surface area contributed by atoms with Crippen LogP contribution in [0.3, 0.4) is 0 Å². The first-order valence-corrected chi connectivity index (χ1v) is 13.0. The summed E-state index contributed by atoms with van der Waals surface area (Å²) in [6, 6.07) is 51.6. The molecule has 0 unspecified atom stereocenters. The minimum Gasteiger partial charge on any atom is -0.0622 e. The summed E-state index contributed by atoms with van der Waals surface area (Å²) in [6.45, 7) is 0. The largest absolute Gasteiger partial charge is 0.0622 e. The quantitative estimate of drug-likeness (QED) is 0.206. The van der Waals surface area contributed by atoms with E-state index in [4.69, 9.17) is 0 Å². The zero-order valence-corrected chi connectivity index (χ0v) is 21.2. The van der Waals surface area contributed by atoms with Crippen molar-refractivity contribution in [2.75, 3.05) is 0 Å². The lowest BCUT2D eigenvalue weighted by Gasteiger charge is -2.07. The van der Waals surface area contributed by atoms with E-state index in [0.29, 0.717) is 0 Å². The zero-order chi connectivity index (χ0) is 25.6. The molecular weight excluding hydrogens is 456 g/mol. The van der Waals surface area contributed by atoms with Crippen LogP contribution in [0.1, 0.15) is 22.3 Å². The molecule has 6 rings (SSSR count). The van der Waals surface area contributed by atoms with Crippen LogP contribution in [0.4, 0.5) is 0 Å². The lowest BCUT2D eigenvalue weighted by atomic mass is 9.97. The Morgan fingerprint density at radius 3 is 1.00 bits per heavy atom. The van der Waals surface area contributed by atoms with Crippen molar-refractivity contribution in [2.24, 2.45) is 0 Å². The van der Waals surface area contributed by atoms with Crippen LogP contribution in [0.5, 0.6) is 0 Å². The SMILES string of the molecule is C(=C\c1ccc(/C=C/c2ccc(-c3ccccc3)cc2)c2ccccc12)/c1ccc(-c2ccccc2)cc1. The minimum absolute atomic E-state index is 1.19. The molecule has 0 atom stereocenters. The summed E-state index contributed by atoms with van der Waals surface area (Å²) < 4.78 is 0. The predicted octanol–water partition coefficient (Wildman–Crippen LogP) is 10.5. The number of benzene rings is 6. The Morgan fingerprint density at radius 2 is 0.605 bits per heavy atom. The fourth-order valence-corrected chi connectivity index (χ4v) is 4.84. The van der Waals surface area contributed by atoms with Gasteiger partial charge in [0.1, 0.15) is 0 Å². The molecule has 0 aromatic heterocycles. The first-order chi connectivity index (χ1) is 18.8. The summed E-state index contributed by atoms with van der Waals surface area (Å²) in [5.41, 5.74) is 9.77. The lowest BCUT2D eigenvalue weighted by Crippen LogP contribution is -1.83. The van der Waals surface area contributed by atoms with Gasteiger partial charge in [-0.2, -0.15) is 0 Å². The molecule has 0 aliphatic heterocycles. The molecule has 6 aromatic carbocycles. The molecule has 6 aromatic rings. The Kier molecular flexibility index (Phi) is 6.78. The number of fused-ring (bicyclic) bond motifs is 1. The highest BCUT2D eigenvalue weighted by Gasteiger charge is 2.03. The monoisotopic (exact) mass is 484 g/mol. The molecule has 0 nitrogen and oxygen atoms in total. The van der Waals surface area contributed by atoms with Gasteiger partial charge in [0.15, 0.2) is 0 Å². The molecule has 0 heteroatoms. The van der Waals surface area contributed by atoms with Gasteiger partial charge in [0, 0.05) is 0 Å². The van der Waals surface area contributed by atoms with E-state index in [0.717, 1.165) is 0 Å². The highest BCUT2D eigenvalue weighted by Crippen LogP contribution is 2.27. The fourth-order valence-electron chi connectivity index (χ4n) is 4.84. The molecule has 0 aliphatic carbocycles. The minimum atomic E-state index is 1.19. The predicted molar refractivity (Wildman–Crippen MR) is 166 cm³/mol. The standard InChI is InChI=1S/C38H28/c1-3-9-31(10-4-1)33-21-15-29(16-22-33)19-25-35-27-28-36(38-14-8-7-13-37(35)38)26-20-30-17-23-34(24-18-30)32-11-5-2-6-12-32/h1-28H/b25-19+,26-20+. The fraction of sp³-hybridized carbons (Fsp3) is 0. The van der Waals surface area contributed by atoms with Gasteiger partial charge in [-0.3, -0.25) is 0 Å². The smallest absolute Gasteiger partial charge is 0.0105 e. The highest BCUT2D eigenvalue weighted by atomic mass is 14.1. The van der Waals surface area contributed by atoms with Crippen LogP contribution in [-0.2, 0) is 0 Å². The molecule has 0 bridgehead atoms. The summed E-state index contributed by atoms with van der Waals surface area (Å²) in [7, 11) is 0. The van der Waals surface area contributed by atoms with E-state index >= 15 is 0 Å². The maximum atomic E-state index is 2.22. The second kappa shape index (κ2) is 11.0. The molecule has 38 heavy (non-hydrogen) atoms. The van der Waals surface area contributed by atoms with E-state index in [1.807, 2.05) is 0 Å². The van der Waals surface area contributed by atoms with Crippen molar-refractivity contribution in [3.63, 3.8) is 0 Å². The van der Waals surface area contributed by atoms with Crippen LogP contribution < -0.4 is 0 Å². The van der Waals surface area contributed by atoms with Crippen molar-refractivity contribution in [1.29, 1.82) is 0 Å². The highest BCUT2D eigenvalue weighted by molar-refractivity contribution is 5.99. The Morgan fingerprint density at radius 1 is 0.263 bits per heavy atom. The van der Waals surface area contributed by atoms with E-state index in [1.54, 1.807) is 0 Å². The molecule has 0 fully saturated rings. The van der Waals surface area contributed by atoms with Gasteiger partial charge in [-0.15, -0.1) is 0 Å². The molecule has 180 valence electrons. The van der Waals surface area contributed by atoms with Gasteiger partial charge in [-0.05, 0) is 55.3 Å². The molecule has 0 N–H and O–H groups in total. The van der Waals surface area contributed by atoms with Gasteiger partial charge in [0.05, 0.1) is 0 Å². The van der Waals surface area contributed by atoms with Gasteiger partial charge in [0.25, 0.3) is 0 Å². The van der Waals surface area contributed by atoms with E-state index < -0.39 is 0 Å². The third-order valence-corrected chi connectivity index (χ3v) is 6.94. The van der Waals surface area contributed by atoms with Gasteiger partial charge in [-0.25, -0.2) is 0 Å². The first kappa shape index (κ1) is 23.5. The van der Waals surface area contributed by atoms with E-state index in [2.05, 4.69) is 170 Å². The normalized spacial score (nSPS) is 11.5. The van der Waals surface area contributed by atoms with Crippen LogP contribution in [-0.4, -0.2) is 0 Å². The average Bonchev–Trinajstić information content (AvgIpc) is 3.00. The van der Waals surface area contributed by atoms with Crippen molar-refractivity contribution in [2.45, 2.75) is 0 Å². The van der Waals surface area contributed by atoms with Crippen LogP contribution in [0, 0.1) is 0 Å². The Bertz CT molecular complexity index is 1570. The summed E-state index contributed by atoms with van der Waals surface area (Å²) in [5.74, 6) is 0. The molecule has 0 saturated carbocycles. The average molecular weight is 485 g/mol. The van der Waals surface area contributed by atoms with Crippen molar-refractivity contribution in [3.8, 4) is 22.3 Å². The first-order valence-electron chi connectivity index (χ1n) is 13.0. The molecule has 0 radical (unpaired) electrons. The molecule has 0 saturated heterocycles. The molecule has 0 amide bonds. The summed E-state index contributed by atoms with van der Waals surface area (Å²) in [4.78, 5) is 0. The van der Waals surface area contributed by atoms with Crippen molar-refractivity contribution >= 4 is 35.1 Å². The van der Waals surface area contributed by atoms with Gasteiger partial charge in [-0.1, -0.05) is 170 Å². The van der Waals surface area contributed by atoms with Gasteiger partial charge in [0.2, 0.25) is 0 Å². The second-order valence-electron chi connectivity index (χ2n) is 9.43. The van der Waals surface area contributed by atoms with Crippen LogP contribution in [0.25, 0.3) is 57.3 Å². The zero-order valence-electron chi connectivity index (χ0n) is 21.2. The molecule has 0 spiro atoms. The lowest BCUT2D eigenvalue weighted by molar-refractivity contribution is 1.60. The van der Waals surface area contributed by atoms with E-state index in [-0.39, 0.29) is 0 Å². The van der Waals surface area contributed by atoms with Crippen molar-refractivity contribution < 1.29 is 0 Å². The van der Waals surface area contributed by atoms with Crippen molar-refractivity contribution in [3.05, 3.63) is 168 Å². The van der Waals surface area contributed by atoms with Gasteiger partial charge >= 0.3 is 0 Å². The number of hydrogen-bond donors (Lipinski definition) is 0. The van der Waals surface area contributed by atoms with Crippen LogP contribution in [0.15, 0.2) is 146 Å². The van der Waals surface area contributed by atoms with E-state index in [9.17, 15) is 0 Å². The Labute approximate surface area is 224 Å². The Balaban J connectivity index is 1.23. The van der Waals surface area contributed by atoms with Crippen molar-refractivity contribution in [1.82, 2.24) is 0 Å². The molecule has 0 heterocycles. The van der Waals surface area contributed by atoms with Crippen LogP contribution in [0.2, 0.25) is 0 Å². The third kappa shape index (κ3) is 5.26. The molecular formula is C38H28. The summed E-state index contributed by atoms with van der Waals surface area (Å²) in [6.07, 6.45) is 8.83. The number of hydrogen-bond acceptors (Lipinski definition) is 0. The number of rotatable bonds is 6. The molecule has 0 aliphatic rings.